The Morgan fingerprint density at radius 3 is 2.56 bits per heavy atom. The Bertz CT molecular complexity index is 578. The fourth-order valence-electron chi connectivity index (χ4n) is 3.38. The Hall–Kier alpha value is -1.70. The molecule has 1 aromatic rings. The van der Waals surface area contributed by atoms with Crippen LogP contribution in [0.25, 0.3) is 0 Å². The van der Waals surface area contributed by atoms with Crippen molar-refractivity contribution in [1.82, 2.24) is 25.0 Å². The summed E-state index contributed by atoms with van der Waals surface area (Å²) in [6, 6.07) is 4.17. The van der Waals surface area contributed by atoms with Gasteiger partial charge < -0.3 is 15.1 Å². The number of amides is 2. The topological polar surface area (TPSA) is 68.8 Å². The Balaban J connectivity index is 0.00000225. The number of carbonyl (C=O) groups is 2. The number of nitrogens with zero attached hydrogens (tertiary/aromatic N) is 4. The fourth-order valence-corrected chi connectivity index (χ4v) is 3.38. The Labute approximate surface area is 154 Å². The van der Waals surface area contributed by atoms with Gasteiger partial charge in [-0.05, 0) is 11.6 Å². The lowest BCUT2D eigenvalue weighted by Gasteiger charge is -2.39. The molecule has 0 bridgehead atoms. The van der Waals surface area contributed by atoms with Gasteiger partial charge in [-0.2, -0.15) is 0 Å². The van der Waals surface area contributed by atoms with Crippen LogP contribution in [-0.2, 0) is 9.59 Å². The quantitative estimate of drug-likeness (QED) is 0.823. The summed E-state index contributed by atoms with van der Waals surface area (Å²) in [6.45, 7) is 7.09. The van der Waals surface area contributed by atoms with Crippen LogP contribution in [-0.4, -0.2) is 83.9 Å². The molecule has 138 valence electrons. The third-order valence-corrected chi connectivity index (χ3v) is 4.84. The van der Waals surface area contributed by atoms with Crippen LogP contribution >= 0.6 is 12.4 Å². The Kier molecular flexibility index (Phi) is 7.16. The summed E-state index contributed by atoms with van der Waals surface area (Å²) < 4.78 is 0. The van der Waals surface area contributed by atoms with E-state index in [4.69, 9.17) is 0 Å². The van der Waals surface area contributed by atoms with E-state index < -0.39 is 0 Å². The van der Waals surface area contributed by atoms with Crippen LogP contribution in [0.15, 0.2) is 24.5 Å². The number of carbonyl (C=O) groups excluding carboxylic acids is 2. The summed E-state index contributed by atoms with van der Waals surface area (Å²) in [5.74, 6) is 0.231. The number of pyridine rings is 1. The molecule has 7 nitrogen and oxygen atoms in total. The molecule has 1 unspecified atom stereocenters. The van der Waals surface area contributed by atoms with Crippen LogP contribution in [0.1, 0.15) is 18.5 Å². The van der Waals surface area contributed by atoms with Crippen molar-refractivity contribution in [1.29, 1.82) is 0 Å². The fraction of sp³-hybridized carbons (Fsp3) is 0.588. The van der Waals surface area contributed by atoms with Crippen LogP contribution < -0.4 is 5.32 Å². The second kappa shape index (κ2) is 9.12. The van der Waals surface area contributed by atoms with Crippen LogP contribution in [0.3, 0.4) is 0 Å². The molecule has 0 aliphatic carbocycles. The van der Waals surface area contributed by atoms with E-state index in [2.05, 4.69) is 21.3 Å². The van der Waals surface area contributed by atoms with E-state index in [0.717, 1.165) is 25.2 Å². The highest BCUT2D eigenvalue weighted by molar-refractivity contribution is 5.85. The van der Waals surface area contributed by atoms with E-state index in [1.807, 2.05) is 17.2 Å². The average molecular weight is 368 g/mol. The molecule has 1 atom stereocenters. The van der Waals surface area contributed by atoms with E-state index in [1.165, 1.54) is 0 Å². The highest BCUT2D eigenvalue weighted by Crippen LogP contribution is 2.21. The first-order valence-corrected chi connectivity index (χ1v) is 8.53. The minimum Gasteiger partial charge on any atom is -0.339 e. The predicted molar refractivity (Wildman–Crippen MR) is 97.5 cm³/mol. The van der Waals surface area contributed by atoms with Gasteiger partial charge in [0.15, 0.2) is 0 Å². The zero-order valence-corrected chi connectivity index (χ0v) is 15.4. The minimum atomic E-state index is 0. The molecule has 25 heavy (non-hydrogen) atoms. The highest BCUT2D eigenvalue weighted by Gasteiger charge is 2.29. The molecule has 2 aliphatic heterocycles. The molecular formula is C17H26ClN5O2. The summed E-state index contributed by atoms with van der Waals surface area (Å²) in [7, 11) is 0. The van der Waals surface area contributed by atoms with E-state index in [9.17, 15) is 9.59 Å². The monoisotopic (exact) mass is 367 g/mol. The molecule has 0 spiro atoms. The lowest BCUT2D eigenvalue weighted by molar-refractivity contribution is -0.139. The number of aromatic nitrogens is 1. The average Bonchev–Trinajstić information content (AvgIpc) is 2.63. The van der Waals surface area contributed by atoms with Gasteiger partial charge in [0.2, 0.25) is 11.8 Å². The molecule has 0 saturated carbocycles. The molecule has 3 heterocycles. The van der Waals surface area contributed by atoms with Gasteiger partial charge in [-0.25, -0.2) is 0 Å². The Morgan fingerprint density at radius 2 is 1.92 bits per heavy atom. The van der Waals surface area contributed by atoms with Gasteiger partial charge in [0, 0.05) is 71.2 Å². The summed E-state index contributed by atoms with van der Waals surface area (Å²) >= 11 is 0. The van der Waals surface area contributed by atoms with Gasteiger partial charge in [0.05, 0.1) is 6.54 Å². The lowest BCUT2D eigenvalue weighted by Crippen LogP contribution is -2.54. The number of rotatable bonds is 3. The molecular weight excluding hydrogens is 342 g/mol. The highest BCUT2D eigenvalue weighted by atomic mass is 35.5. The first-order valence-electron chi connectivity index (χ1n) is 8.53. The van der Waals surface area contributed by atoms with Crippen molar-refractivity contribution in [2.45, 2.75) is 13.0 Å². The largest absolute Gasteiger partial charge is 0.339 e. The number of halogens is 1. The SMILES string of the molecule is CC(=O)N1CCN(C(=O)CN2CCNCC2c2cccnc2)CC1.Cl. The van der Waals surface area contributed by atoms with E-state index in [0.29, 0.717) is 32.7 Å². The van der Waals surface area contributed by atoms with Crippen molar-refractivity contribution < 1.29 is 9.59 Å². The number of nitrogens with one attached hydrogen (secondary N) is 1. The van der Waals surface area contributed by atoms with Gasteiger partial charge in [-0.15, -0.1) is 12.4 Å². The molecule has 1 N–H and O–H groups in total. The first kappa shape index (κ1) is 19.6. The van der Waals surface area contributed by atoms with Crippen LogP contribution in [0.5, 0.6) is 0 Å². The molecule has 3 rings (SSSR count). The molecule has 2 amide bonds. The summed E-state index contributed by atoms with van der Waals surface area (Å²) in [5, 5.41) is 3.40. The van der Waals surface area contributed by atoms with Gasteiger partial charge in [-0.3, -0.25) is 19.5 Å². The van der Waals surface area contributed by atoms with Gasteiger partial charge in [0.1, 0.15) is 0 Å². The van der Waals surface area contributed by atoms with Crippen molar-refractivity contribution in [3.63, 3.8) is 0 Å². The minimum absolute atomic E-state index is 0. The number of hydrogen-bond acceptors (Lipinski definition) is 5. The van der Waals surface area contributed by atoms with Crippen LogP contribution in [0, 0.1) is 0 Å². The maximum atomic E-state index is 12.7. The van der Waals surface area contributed by atoms with Crippen molar-refractivity contribution in [3.8, 4) is 0 Å². The van der Waals surface area contributed by atoms with Crippen molar-refractivity contribution in [2.24, 2.45) is 0 Å². The summed E-state index contributed by atoms with van der Waals surface area (Å²) in [5.41, 5.74) is 1.14. The molecule has 1 aromatic heterocycles. The predicted octanol–water partition coefficient (Wildman–Crippen LogP) is 0.140. The molecule has 2 fully saturated rings. The molecule has 8 heteroatoms. The van der Waals surface area contributed by atoms with E-state index in [-0.39, 0.29) is 30.3 Å². The molecule has 0 aromatic carbocycles. The Morgan fingerprint density at radius 1 is 1.20 bits per heavy atom. The standard InChI is InChI=1S/C17H25N5O2.ClH/c1-14(23)20-7-9-21(10-8-20)17(24)13-22-6-5-19-12-16(22)15-3-2-4-18-11-15;/h2-4,11,16,19H,5-10,12-13H2,1H3;1H. The maximum absolute atomic E-state index is 12.7. The normalized spacial score (nSPS) is 21.6. The third-order valence-electron chi connectivity index (χ3n) is 4.84. The zero-order chi connectivity index (χ0) is 16.9. The molecule has 2 aliphatic rings. The molecule has 0 radical (unpaired) electrons. The first-order chi connectivity index (χ1) is 11.6. The van der Waals surface area contributed by atoms with Gasteiger partial charge >= 0.3 is 0 Å². The second-order valence-corrected chi connectivity index (χ2v) is 6.36. The van der Waals surface area contributed by atoms with Gasteiger partial charge in [-0.1, -0.05) is 6.07 Å². The van der Waals surface area contributed by atoms with Crippen molar-refractivity contribution >= 4 is 24.2 Å². The lowest BCUT2D eigenvalue weighted by atomic mass is 10.1. The summed E-state index contributed by atoms with van der Waals surface area (Å²) in [4.78, 5) is 34.2. The molecule has 2 saturated heterocycles. The van der Waals surface area contributed by atoms with E-state index >= 15 is 0 Å². The maximum Gasteiger partial charge on any atom is 0.236 e. The number of piperazine rings is 2. The number of hydrogen-bond donors (Lipinski definition) is 1. The van der Waals surface area contributed by atoms with Crippen LogP contribution in [0.2, 0.25) is 0 Å². The smallest absolute Gasteiger partial charge is 0.236 e. The third kappa shape index (κ3) is 4.90. The van der Waals surface area contributed by atoms with E-state index in [1.54, 1.807) is 18.0 Å². The van der Waals surface area contributed by atoms with Gasteiger partial charge in [0.25, 0.3) is 0 Å². The summed E-state index contributed by atoms with van der Waals surface area (Å²) in [6.07, 6.45) is 3.64. The van der Waals surface area contributed by atoms with Crippen molar-refractivity contribution in [2.75, 3.05) is 52.4 Å². The van der Waals surface area contributed by atoms with Crippen molar-refractivity contribution in [3.05, 3.63) is 30.1 Å². The van der Waals surface area contributed by atoms with Crippen LogP contribution in [0.4, 0.5) is 0 Å². The second-order valence-electron chi connectivity index (χ2n) is 6.36. The zero-order valence-electron chi connectivity index (χ0n) is 14.6.